The molecule has 0 bridgehead atoms. The van der Waals surface area contributed by atoms with E-state index in [-0.39, 0.29) is 5.41 Å². The molecule has 2 nitrogen and oxygen atoms in total. The van der Waals surface area contributed by atoms with Crippen molar-refractivity contribution in [3.05, 3.63) is 15.6 Å². The SMILES string of the molecule is CC(C)(C)c1nc(C2CC2)c(CC#N)s1. The van der Waals surface area contributed by atoms with Gasteiger partial charge in [-0.3, -0.25) is 0 Å². The van der Waals surface area contributed by atoms with Crippen molar-refractivity contribution in [3.8, 4) is 6.07 Å². The molecule has 0 spiro atoms. The van der Waals surface area contributed by atoms with Crippen molar-refractivity contribution < 1.29 is 0 Å². The van der Waals surface area contributed by atoms with Gasteiger partial charge in [-0.1, -0.05) is 20.8 Å². The second-order valence-corrected chi connectivity index (χ2v) is 6.27. The highest BCUT2D eigenvalue weighted by molar-refractivity contribution is 7.12. The van der Waals surface area contributed by atoms with Gasteiger partial charge < -0.3 is 0 Å². The van der Waals surface area contributed by atoms with Crippen LogP contribution < -0.4 is 0 Å². The largest absolute Gasteiger partial charge is 0.245 e. The number of hydrogen-bond acceptors (Lipinski definition) is 3. The summed E-state index contributed by atoms with van der Waals surface area (Å²) in [6, 6.07) is 2.24. The molecule has 3 heteroatoms. The quantitative estimate of drug-likeness (QED) is 0.766. The molecule has 1 aromatic heterocycles. The van der Waals surface area contributed by atoms with Crippen LogP contribution in [-0.2, 0) is 11.8 Å². The van der Waals surface area contributed by atoms with Crippen molar-refractivity contribution in [2.24, 2.45) is 0 Å². The summed E-state index contributed by atoms with van der Waals surface area (Å²) >= 11 is 1.73. The fraction of sp³-hybridized carbons (Fsp3) is 0.667. The summed E-state index contributed by atoms with van der Waals surface area (Å²) < 4.78 is 0. The Hall–Kier alpha value is -0.880. The molecule has 1 aliphatic rings. The van der Waals surface area contributed by atoms with Crippen LogP contribution in [0.5, 0.6) is 0 Å². The molecule has 1 aliphatic carbocycles. The summed E-state index contributed by atoms with van der Waals surface area (Å²) in [4.78, 5) is 5.93. The van der Waals surface area contributed by atoms with Crippen LogP contribution in [0.4, 0.5) is 0 Å². The zero-order valence-corrected chi connectivity index (χ0v) is 10.3. The molecule has 1 aromatic rings. The number of nitriles is 1. The van der Waals surface area contributed by atoms with Gasteiger partial charge in [-0.05, 0) is 12.8 Å². The molecule has 0 atom stereocenters. The van der Waals surface area contributed by atoms with Crippen molar-refractivity contribution in [1.29, 1.82) is 5.26 Å². The zero-order valence-electron chi connectivity index (χ0n) is 9.50. The fourth-order valence-corrected chi connectivity index (χ4v) is 2.70. The molecule has 0 aromatic carbocycles. The Bertz CT molecular complexity index is 402. The highest BCUT2D eigenvalue weighted by Crippen LogP contribution is 2.44. The van der Waals surface area contributed by atoms with E-state index in [1.165, 1.54) is 28.4 Å². The third kappa shape index (κ3) is 2.21. The van der Waals surface area contributed by atoms with Crippen LogP contribution in [0.2, 0.25) is 0 Å². The third-order valence-corrected chi connectivity index (χ3v) is 4.07. The van der Waals surface area contributed by atoms with Crippen molar-refractivity contribution in [2.45, 2.75) is 51.4 Å². The minimum absolute atomic E-state index is 0.113. The van der Waals surface area contributed by atoms with Crippen LogP contribution in [0.25, 0.3) is 0 Å². The maximum Gasteiger partial charge on any atom is 0.0985 e. The maximum atomic E-state index is 8.79. The molecular formula is C12H16N2S. The molecule has 1 heterocycles. The van der Waals surface area contributed by atoms with Gasteiger partial charge in [0, 0.05) is 16.2 Å². The molecule has 2 rings (SSSR count). The molecule has 0 amide bonds. The molecular weight excluding hydrogens is 204 g/mol. The Morgan fingerprint density at radius 3 is 2.60 bits per heavy atom. The van der Waals surface area contributed by atoms with E-state index >= 15 is 0 Å². The van der Waals surface area contributed by atoms with Crippen molar-refractivity contribution in [1.82, 2.24) is 4.98 Å². The van der Waals surface area contributed by atoms with E-state index in [1.807, 2.05) is 0 Å². The molecule has 15 heavy (non-hydrogen) atoms. The lowest BCUT2D eigenvalue weighted by atomic mass is 9.98. The standard InChI is InChI=1S/C12H16N2S/c1-12(2,3)11-14-10(8-4-5-8)9(15-11)6-7-13/h8H,4-6H2,1-3H3. The van der Waals surface area contributed by atoms with Gasteiger partial charge >= 0.3 is 0 Å². The Balaban J connectivity index is 2.36. The van der Waals surface area contributed by atoms with Crippen LogP contribution in [0.3, 0.4) is 0 Å². The Kier molecular flexibility index (Phi) is 2.56. The van der Waals surface area contributed by atoms with Crippen LogP contribution >= 0.6 is 11.3 Å². The molecule has 0 unspecified atom stereocenters. The molecule has 0 saturated heterocycles. The molecule has 0 radical (unpaired) electrons. The van der Waals surface area contributed by atoms with E-state index in [9.17, 15) is 0 Å². The lowest BCUT2D eigenvalue weighted by Gasteiger charge is -2.13. The molecule has 1 saturated carbocycles. The van der Waals surface area contributed by atoms with Gasteiger partial charge in [0.2, 0.25) is 0 Å². The Morgan fingerprint density at radius 2 is 2.13 bits per heavy atom. The van der Waals surface area contributed by atoms with Gasteiger partial charge in [0.05, 0.1) is 23.2 Å². The van der Waals surface area contributed by atoms with E-state index < -0.39 is 0 Å². The highest BCUT2D eigenvalue weighted by Gasteiger charge is 2.31. The summed E-state index contributed by atoms with van der Waals surface area (Å²) in [5.41, 5.74) is 1.33. The first-order valence-corrected chi connectivity index (χ1v) is 6.21. The lowest BCUT2D eigenvalue weighted by molar-refractivity contribution is 0.583. The van der Waals surface area contributed by atoms with E-state index in [2.05, 4.69) is 26.8 Å². The van der Waals surface area contributed by atoms with Gasteiger partial charge in [0.1, 0.15) is 0 Å². The van der Waals surface area contributed by atoms with Gasteiger partial charge in [0.25, 0.3) is 0 Å². The van der Waals surface area contributed by atoms with Crippen molar-refractivity contribution in [3.63, 3.8) is 0 Å². The van der Waals surface area contributed by atoms with E-state index in [0.29, 0.717) is 12.3 Å². The number of hydrogen-bond donors (Lipinski definition) is 0. The van der Waals surface area contributed by atoms with Crippen LogP contribution in [0.15, 0.2) is 0 Å². The first-order valence-electron chi connectivity index (χ1n) is 5.39. The molecule has 0 N–H and O–H groups in total. The van der Waals surface area contributed by atoms with Crippen LogP contribution in [-0.4, -0.2) is 4.98 Å². The fourth-order valence-electron chi connectivity index (χ4n) is 1.56. The molecule has 0 aliphatic heterocycles. The predicted molar refractivity (Wildman–Crippen MR) is 62.1 cm³/mol. The van der Waals surface area contributed by atoms with Crippen LogP contribution in [0.1, 0.15) is 55.1 Å². The summed E-state index contributed by atoms with van der Waals surface area (Å²) in [5.74, 6) is 0.653. The van der Waals surface area contributed by atoms with Crippen LogP contribution in [0, 0.1) is 11.3 Å². The maximum absolute atomic E-state index is 8.79. The topological polar surface area (TPSA) is 36.7 Å². The monoisotopic (exact) mass is 220 g/mol. The van der Waals surface area contributed by atoms with E-state index in [4.69, 9.17) is 10.2 Å². The summed E-state index contributed by atoms with van der Waals surface area (Å²) in [7, 11) is 0. The van der Waals surface area contributed by atoms with Gasteiger partial charge in [-0.15, -0.1) is 11.3 Å². The Morgan fingerprint density at radius 1 is 1.47 bits per heavy atom. The van der Waals surface area contributed by atoms with Gasteiger partial charge in [-0.2, -0.15) is 5.26 Å². The Labute approximate surface area is 95.0 Å². The number of thiazole rings is 1. The minimum atomic E-state index is 0.113. The predicted octanol–water partition coefficient (Wildman–Crippen LogP) is 3.38. The van der Waals surface area contributed by atoms with Crippen molar-refractivity contribution in [2.75, 3.05) is 0 Å². The van der Waals surface area contributed by atoms with Crippen molar-refractivity contribution >= 4 is 11.3 Å². The summed E-state index contributed by atoms with van der Waals surface area (Å²) in [6.45, 7) is 6.54. The van der Waals surface area contributed by atoms with E-state index in [0.717, 1.165) is 0 Å². The average Bonchev–Trinajstić information content (AvgIpc) is 2.87. The lowest BCUT2D eigenvalue weighted by Crippen LogP contribution is -2.10. The average molecular weight is 220 g/mol. The zero-order chi connectivity index (χ0) is 11.1. The second-order valence-electron chi connectivity index (χ2n) is 5.19. The normalized spacial score (nSPS) is 16.4. The number of aromatic nitrogens is 1. The smallest absolute Gasteiger partial charge is 0.0985 e. The summed E-state index contributed by atoms with van der Waals surface area (Å²) in [5, 5.41) is 9.96. The van der Waals surface area contributed by atoms with E-state index in [1.54, 1.807) is 11.3 Å². The molecule has 1 fully saturated rings. The number of rotatable bonds is 2. The van der Waals surface area contributed by atoms with Gasteiger partial charge in [0.15, 0.2) is 0 Å². The minimum Gasteiger partial charge on any atom is -0.245 e. The third-order valence-electron chi connectivity index (χ3n) is 2.57. The second kappa shape index (κ2) is 3.61. The first kappa shape index (κ1) is 10.6. The summed E-state index contributed by atoms with van der Waals surface area (Å²) in [6.07, 6.45) is 3.04. The highest BCUT2D eigenvalue weighted by atomic mass is 32.1. The molecule has 80 valence electrons. The van der Waals surface area contributed by atoms with Gasteiger partial charge in [-0.25, -0.2) is 4.98 Å². The first-order chi connectivity index (χ1) is 7.02. The number of nitrogens with zero attached hydrogens (tertiary/aromatic N) is 2.